The van der Waals surface area contributed by atoms with Crippen LogP contribution in [0.2, 0.25) is 0 Å². The molecule has 0 aliphatic heterocycles. The number of hydrogen-bond donors (Lipinski definition) is 1. The number of rotatable bonds is 6. The van der Waals surface area contributed by atoms with Gasteiger partial charge in [-0.05, 0) is 39.0 Å². The van der Waals surface area contributed by atoms with Gasteiger partial charge in [-0.3, -0.25) is 10.1 Å². The third-order valence-corrected chi connectivity index (χ3v) is 3.91. The maximum atomic E-state index is 12.3. The van der Waals surface area contributed by atoms with Crippen molar-refractivity contribution in [3.63, 3.8) is 0 Å². The summed E-state index contributed by atoms with van der Waals surface area (Å²) in [4.78, 5) is 12.3. The maximum absolute atomic E-state index is 12.3. The first kappa shape index (κ1) is 16.5. The van der Waals surface area contributed by atoms with E-state index in [2.05, 4.69) is 5.32 Å². The van der Waals surface area contributed by atoms with Gasteiger partial charge in [0.05, 0.1) is 12.7 Å². The van der Waals surface area contributed by atoms with Crippen molar-refractivity contribution in [3.8, 4) is 0 Å². The molecule has 1 N–H and O–H groups in total. The van der Waals surface area contributed by atoms with Gasteiger partial charge in [-0.2, -0.15) is 13.2 Å². The Kier molecular flexibility index (Phi) is 5.14. The minimum Gasteiger partial charge on any atom is -0.465 e. The van der Waals surface area contributed by atoms with Crippen LogP contribution in [-0.2, 0) is 14.3 Å². The third-order valence-electron chi connectivity index (χ3n) is 3.91. The van der Waals surface area contributed by atoms with Crippen molar-refractivity contribution in [2.45, 2.75) is 69.3 Å². The number of alkyl halides is 3. The molecule has 0 aromatic heterocycles. The highest BCUT2D eigenvalue weighted by Crippen LogP contribution is 2.35. The number of ether oxygens (including phenoxy) is 2. The predicted molar refractivity (Wildman–Crippen MR) is 69.8 cm³/mol. The number of carbonyl (C=O) groups excluding carboxylic acids is 1. The van der Waals surface area contributed by atoms with Crippen molar-refractivity contribution >= 4 is 5.97 Å². The molecule has 0 aromatic rings. The van der Waals surface area contributed by atoms with Gasteiger partial charge in [0.15, 0.2) is 0 Å². The average molecular weight is 309 g/mol. The second-order valence-electron chi connectivity index (χ2n) is 5.87. The zero-order valence-corrected chi connectivity index (χ0v) is 12.2. The summed E-state index contributed by atoms with van der Waals surface area (Å²) < 4.78 is 46.9. The van der Waals surface area contributed by atoms with Crippen molar-refractivity contribution in [3.05, 3.63) is 0 Å². The molecular formula is C14H22F3NO3. The van der Waals surface area contributed by atoms with E-state index in [9.17, 15) is 18.0 Å². The van der Waals surface area contributed by atoms with Gasteiger partial charge in [0.1, 0.15) is 12.1 Å². The fourth-order valence-electron chi connectivity index (χ4n) is 2.84. The van der Waals surface area contributed by atoms with E-state index >= 15 is 0 Å². The first-order valence-corrected chi connectivity index (χ1v) is 7.48. The molecule has 21 heavy (non-hydrogen) atoms. The summed E-state index contributed by atoms with van der Waals surface area (Å²) in [5.74, 6) is -0.364. The smallest absolute Gasteiger partial charge is 0.411 e. The lowest BCUT2D eigenvalue weighted by Gasteiger charge is -2.39. The molecule has 0 saturated heterocycles. The van der Waals surface area contributed by atoms with E-state index in [1.807, 2.05) is 0 Å². The standard InChI is InChI=1S/C14H22F3NO3/c1-2-20-12(19)13(18-10-5-6-10)7-3-4-11(8-13)21-9-14(15,16)17/h10-11,18H,2-9H2,1H3. The number of esters is 1. The quantitative estimate of drug-likeness (QED) is 0.766. The van der Waals surface area contributed by atoms with E-state index in [0.717, 1.165) is 12.8 Å². The topological polar surface area (TPSA) is 47.6 Å². The normalized spacial score (nSPS) is 30.2. The second kappa shape index (κ2) is 6.52. The van der Waals surface area contributed by atoms with E-state index in [0.29, 0.717) is 19.3 Å². The summed E-state index contributed by atoms with van der Waals surface area (Å²) in [6, 6.07) is 0.274. The van der Waals surface area contributed by atoms with Gasteiger partial charge < -0.3 is 9.47 Å². The average Bonchev–Trinajstić information content (AvgIpc) is 3.20. The van der Waals surface area contributed by atoms with Gasteiger partial charge in [-0.15, -0.1) is 0 Å². The first-order valence-electron chi connectivity index (χ1n) is 7.48. The van der Waals surface area contributed by atoms with Crippen molar-refractivity contribution < 1.29 is 27.4 Å². The molecule has 0 radical (unpaired) electrons. The van der Waals surface area contributed by atoms with Crippen LogP contribution < -0.4 is 5.32 Å². The van der Waals surface area contributed by atoms with Gasteiger partial charge in [0, 0.05) is 12.5 Å². The monoisotopic (exact) mass is 309 g/mol. The van der Waals surface area contributed by atoms with Crippen LogP contribution >= 0.6 is 0 Å². The Bertz CT molecular complexity index is 371. The minimum atomic E-state index is -4.34. The number of carbonyl (C=O) groups is 1. The van der Waals surface area contributed by atoms with Gasteiger partial charge in [0.2, 0.25) is 0 Å². The van der Waals surface area contributed by atoms with Crippen molar-refractivity contribution in [2.24, 2.45) is 0 Å². The van der Waals surface area contributed by atoms with Crippen LogP contribution in [0.15, 0.2) is 0 Å². The lowest BCUT2D eigenvalue weighted by Crippen LogP contribution is -2.57. The largest absolute Gasteiger partial charge is 0.465 e. The van der Waals surface area contributed by atoms with Crippen molar-refractivity contribution in [1.29, 1.82) is 0 Å². The third kappa shape index (κ3) is 4.85. The lowest BCUT2D eigenvalue weighted by molar-refractivity contribution is -0.192. The summed E-state index contributed by atoms with van der Waals surface area (Å²) in [5, 5.41) is 3.28. The molecule has 2 unspecified atom stereocenters. The zero-order valence-electron chi connectivity index (χ0n) is 12.2. The van der Waals surface area contributed by atoms with Crippen LogP contribution in [0.1, 0.15) is 45.4 Å². The molecule has 2 aliphatic carbocycles. The molecule has 0 aromatic carbocycles. The molecule has 0 amide bonds. The summed E-state index contributed by atoms with van der Waals surface area (Å²) in [6.07, 6.45) is -0.869. The fourth-order valence-corrected chi connectivity index (χ4v) is 2.84. The van der Waals surface area contributed by atoms with E-state index in [4.69, 9.17) is 9.47 Å². The molecular weight excluding hydrogens is 287 g/mol. The Morgan fingerprint density at radius 3 is 2.62 bits per heavy atom. The van der Waals surface area contributed by atoms with Gasteiger partial charge >= 0.3 is 12.1 Å². The molecule has 2 aliphatic rings. The SMILES string of the molecule is CCOC(=O)C1(NC2CC2)CCCC(OCC(F)(F)F)C1. The molecule has 0 bridgehead atoms. The number of halogens is 3. The number of nitrogens with one attached hydrogen (secondary N) is 1. The van der Waals surface area contributed by atoms with Crippen LogP contribution in [0.4, 0.5) is 13.2 Å². The Hall–Kier alpha value is -0.820. The van der Waals surface area contributed by atoms with Crippen LogP contribution in [0.25, 0.3) is 0 Å². The Balaban J connectivity index is 1.99. The van der Waals surface area contributed by atoms with Crippen molar-refractivity contribution in [1.82, 2.24) is 5.32 Å². The van der Waals surface area contributed by atoms with Gasteiger partial charge in [0.25, 0.3) is 0 Å². The van der Waals surface area contributed by atoms with Crippen LogP contribution in [0.3, 0.4) is 0 Å². The van der Waals surface area contributed by atoms with Crippen LogP contribution in [0, 0.1) is 0 Å². The Morgan fingerprint density at radius 2 is 2.05 bits per heavy atom. The Labute approximate surface area is 122 Å². The van der Waals surface area contributed by atoms with Gasteiger partial charge in [-0.25, -0.2) is 0 Å². The molecule has 2 fully saturated rings. The van der Waals surface area contributed by atoms with E-state index in [1.54, 1.807) is 6.92 Å². The van der Waals surface area contributed by atoms with E-state index < -0.39 is 24.4 Å². The highest BCUT2D eigenvalue weighted by atomic mass is 19.4. The fraction of sp³-hybridized carbons (Fsp3) is 0.929. The molecule has 2 saturated carbocycles. The van der Waals surface area contributed by atoms with E-state index in [-0.39, 0.29) is 25.0 Å². The molecule has 4 nitrogen and oxygen atoms in total. The van der Waals surface area contributed by atoms with Crippen LogP contribution in [0.5, 0.6) is 0 Å². The molecule has 2 rings (SSSR count). The first-order chi connectivity index (χ1) is 9.85. The van der Waals surface area contributed by atoms with Crippen LogP contribution in [-0.4, -0.2) is 43.0 Å². The summed E-state index contributed by atoms with van der Waals surface area (Å²) >= 11 is 0. The number of hydrogen-bond acceptors (Lipinski definition) is 4. The summed E-state index contributed by atoms with van der Waals surface area (Å²) in [6.45, 7) is 0.726. The Morgan fingerprint density at radius 1 is 1.33 bits per heavy atom. The molecule has 0 spiro atoms. The molecule has 122 valence electrons. The zero-order chi connectivity index (χ0) is 15.5. The van der Waals surface area contributed by atoms with Crippen molar-refractivity contribution in [2.75, 3.05) is 13.2 Å². The molecule has 0 heterocycles. The van der Waals surface area contributed by atoms with Gasteiger partial charge in [-0.1, -0.05) is 0 Å². The summed E-state index contributed by atoms with van der Waals surface area (Å²) in [5.41, 5.74) is -0.883. The minimum absolute atomic E-state index is 0.248. The highest BCUT2D eigenvalue weighted by Gasteiger charge is 2.47. The second-order valence-corrected chi connectivity index (χ2v) is 5.87. The van der Waals surface area contributed by atoms with E-state index in [1.165, 1.54) is 0 Å². The lowest BCUT2D eigenvalue weighted by atomic mass is 9.79. The molecule has 2 atom stereocenters. The predicted octanol–water partition coefficient (Wildman–Crippen LogP) is 2.56. The summed E-state index contributed by atoms with van der Waals surface area (Å²) in [7, 11) is 0. The molecule has 7 heteroatoms. The highest BCUT2D eigenvalue weighted by molar-refractivity contribution is 5.81. The maximum Gasteiger partial charge on any atom is 0.411 e.